The molecule has 0 bridgehead atoms. The van der Waals surface area contributed by atoms with Crippen LogP contribution in [0.5, 0.6) is 0 Å². The van der Waals surface area contributed by atoms with E-state index < -0.39 is 361 Å². The van der Waals surface area contributed by atoms with Gasteiger partial charge < -0.3 is 9.47 Å². The molecule has 0 amide bonds. The van der Waals surface area contributed by atoms with Crippen molar-refractivity contribution in [2.45, 2.75) is 0 Å². The predicted molar refractivity (Wildman–Crippen MR) is 280 cm³/mol. The Morgan fingerprint density at radius 3 is 1.72 bits per heavy atom. The SMILES string of the molecule is [2H]c1c([2H])c([2H])c(-c2c([2H])c(-c3c([2H])c([2H])c([2H])c([2H])c3[2H])c3c(c2[2H])c2c([2H])c([2H])c([2H])c(N(c4c([2H])c([2H])c(-c5c([2H])c6c([2H])c([2H])c([2H])c([2H])c6c6c([2H])c([2H])c([2H])c([2H])c56)c([2H])c4[2H])c4c([2H])c([2H])c([2H])c5sc6c([2H])c([2H])c([2H])c([2H])c6c45)c2n3-c2c([2H])c([2H])c([2H])c([2H])c2[2H])c([2H])c1[2H]. The first-order valence-electron chi connectivity index (χ1n) is 39.0. The van der Waals surface area contributed by atoms with Gasteiger partial charge in [-0.15, -0.1) is 11.3 Å². The summed E-state index contributed by atoms with van der Waals surface area (Å²) in [5.74, 6) is 0. The summed E-state index contributed by atoms with van der Waals surface area (Å²) in [5, 5.41) is -6.39. The number of hydrogen-bond acceptors (Lipinski definition) is 2. The molecule has 0 aliphatic rings. The molecule has 2 nitrogen and oxygen atoms in total. The van der Waals surface area contributed by atoms with Crippen LogP contribution in [0, 0.1) is 0 Å². The van der Waals surface area contributed by atoms with Gasteiger partial charge in [0.05, 0.1) is 77.2 Å². The summed E-state index contributed by atoms with van der Waals surface area (Å²) in [6.07, 6.45) is 0. The Kier molecular flexibility index (Phi) is 3.50. The second kappa shape index (κ2) is 15.2. The van der Waals surface area contributed by atoms with Crippen LogP contribution >= 0.6 is 11.3 Å². The molecule has 0 spiro atoms. The lowest BCUT2D eigenvalue weighted by atomic mass is 9.93. The number of nitrogens with zero attached hydrogens (tertiary/aromatic N) is 2. The molecule has 65 heavy (non-hydrogen) atoms. The minimum absolute atomic E-state index is 0.376. The summed E-state index contributed by atoms with van der Waals surface area (Å²) in [6.45, 7) is 0. The topological polar surface area (TPSA) is 8.17 Å². The van der Waals surface area contributed by atoms with E-state index in [1.54, 1.807) is 0 Å². The number of benzene rings is 11. The van der Waals surface area contributed by atoms with Crippen LogP contribution in [0.3, 0.4) is 0 Å². The highest BCUT2D eigenvalue weighted by Crippen LogP contribution is 2.50. The van der Waals surface area contributed by atoms with E-state index in [1.807, 2.05) is 0 Å². The van der Waals surface area contributed by atoms with Gasteiger partial charge in [0.2, 0.25) is 0 Å². The fourth-order valence-electron chi connectivity index (χ4n) is 7.67. The number of para-hydroxylation sites is 2. The largest absolute Gasteiger partial charge is 0.308 e. The maximum absolute atomic E-state index is 10.4. The third-order valence-corrected chi connectivity index (χ3v) is 11.3. The molecule has 13 aromatic rings. The Morgan fingerprint density at radius 2 is 0.938 bits per heavy atom. The Balaban J connectivity index is 1.39. The summed E-state index contributed by atoms with van der Waals surface area (Å²) in [6, 6.07) is -46.0. The zero-order chi connectivity index (χ0) is 77.7. The van der Waals surface area contributed by atoms with Crippen molar-refractivity contribution in [1.29, 1.82) is 0 Å². The summed E-state index contributed by atoms with van der Waals surface area (Å²) in [4.78, 5) is 0.376. The molecule has 304 valence electrons. The van der Waals surface area contributed by atoms with E-state index in [-0.39, 0.29) is 0 Å². The van der Waals surface area contributed by atoms with Crippen molar-refractivity contribution in [2.75, 3.05) is 4.90 Å². The smallest absolute Gasteiger partial charge is 0.0782 e. The zero-order valence-electron chi connectivity index (χ0n) is 72.3. The molecule has 0 N–H and O–H groups in total. The van der Waals surface area contributed by atoms with Crippen molar-refractivity contribution < 1.29 is 54.8 Å². The van der Waals surface area contributed by atoms with Crippen molar-refractivity contribution in [2.24, 2.45) is 0 Å². The highest BCUT2D eigenvalue weighted by atomic mass is 32.1. The van der Waals surface area contributed by atoms with Gasteiger partial charge >= 0.3 is 0 Å². The number of hydrogen-bond donors (Lipinski definition) is 0. The predicted octanol–water partition coefficient (Wildman–Crippen LogP) is 17.9. The molecule has 0 atom stereocenters. The van der Waals surface area contributed by atoms with Crippen LogP contribution in [0.15, 0.2) is 242 Å². The van der Waals surface area contributed by atoms with E-state index >= 15 is 0 Å². The third kappa shape index (κ3) is 6.08. The third-order valence-electron chi connectivity index (χ3n) is 10.3. The lowest BCUT2D eigenvalue weighted by Crippen LogP contribution is -2.12. The van der Waals surface area contributed by atoms with E-state index in [0.717, 1.165) is 0 Å². The van der Waals surface area contributed by atoms with Gasteiger partial charge in [-0.05, 0) is 116 Å². The van der Waals surface area contributed by atoms with Crippen LogP contribution in [-0.4, -0.2) is 4.57 Å². The molecule has 2 aromatic heterocycles. The number of fused-ring (bicyclic) bond motifs is 9. The van der Waals surface area contributed by atoms with E-state index in [1.165, 1.54) is 0 Å². The van der Waals surface area contributed by atoms with Gasteiger partial charge in [-0.2, -0.15) is 0 Å². The van der Waals surface area contributed by atoms with Gasteiger partial charge in [-0.1, -0.05) is 175 Å². The van der Waals surface area contributed by atoms with Crippen LogP contribution in [0.4, 0.5) is 17.1 Å². The standard InChI is InChI=1S/C62H40N2S/c1-4-18-41(19-5-1)45-39-54(42-20-6-2-7-21-42)61-55(40-45)51-29-16-31-57(62(51)64(61)46-23-8-3-9-24-46)63(56-30-17-33-59-60(56)52-28-14-15-32-58(52)65-59)47-36-34-43(35-37-47)53-38-44-22-10-11-25-48(44)49-26-12-13-27-50(49)53/h1-40H/i1D,2D,3D,4D,5D,6D,7D,8D,9D,10D,11D,12D,13D,14D,15D,16D,17D,18D,19D,20D,21D,22D,23D,24D,25D,26D,27D,28D,29D,30D,31D,32D,33D,34D,35D,36D,37D,38D,39D,40D. The van der Waals surface area contributed by atoms with Crippen molar-refractivity contribution in [1.82, 2.24) is 4.57 Å². The van der Waals surface area contributed by atoms with Gasteiger partial charge in [0.1, 0.15) is 0 Å². The summed E-state index contributed by atoms with van der Waals surface area (Å²) in [7, 11) is 0. The van der Waals surface area contributed by atoms with Crippen molar-refractivity contribution >= 4 is 91.9 Å². The van der Waals surface area contributed by atoms with Crippen LogP contribution < -0.4 is 4.90 Å². The van der Waals surface area contributed by atoms with Crippen molar-refractivity contribution in [3.63, 3.8) is 0 Å². The maximum atomic E-state index is 10.4. The minimum Gasteiger partial charge on any atom is -0.308 e. The highest BCUT2D eigenvalue weighted by Gasteiger charge is 2.26. The van der Waals surface area contributed by atoms with Gasteiger partial charge in [-0.25, -0.2) is 0 Å². The highest BCUT2D eigenvalue weighted by molar-refractivity contribution is 7.26. The minimum atomic E-state index is -1.47. The molecule has 0 saturated heterocycles. The van der Waals surface area contributed by atoms with E-state index in [0.29, 0.717) is 20.8 Å². The summed E-state index contributed by atoms with van der Waals surface area (Å²) < 4.78 is 374. The molecule has 3 heteroatoms. The number of thiophene rings is 1. The van der Waals surface area contributed by atoms with Crippen LogP contribution in [0.1, 0.15) is 54.8 Å². The van der Waals surface area contributed by atoms with Gasteiger partial charge in [-0.3, -0.25) is 0 Å². The van der Waals surface area contributed by atoms with Crippen molar-refractivity contribution in [3.8, 4) is 39.1 Å². The Labute approximate surface area is 437 Å². The molecular formula is C62H40N2S. The van der Waals surface area contributed by atoms with Crippen LogP contribution in [-0.2, 0) is 0 Å². The molecule has 11 aromatic carbocycles. The molecular weight excluding hydrogens is 805 g/mol. The van der Waals surface area contributed by atoms with Crippen LogP contribution in [0.25, 0.3) is 103 Å². The first-order valence-corrected chi connectivity index (χ1v) is 19.8. The number of aromatic nitrogens is 1. The molecule has 0 radical (unpaired) electrons. The second-order valence-electron chi connectivity index (χ2n) is 13.8. The second-order valence-corrected chi connectivity index (χ2v) is 14.8. The Bertz CT molecular complexity index is 6240. The first kappa shape index (κ1) is 14.9. The van der Waals surface area contributed by atoms with E-state index in [4.69, 9.17) is 24.7 Å². The van der Waals surface area contributed by atoms with Gasteiger partial charge in [0.15, 0.2) is 0 Å². The lowest BCUT2D eigenvalue weighted by molar-refractivity contribution is 1.17. The summed E-state index contributed by atoms with van der Waals surface area (Å²) >= 11 is 0.408. The summed E-state index contributed by atoms with van der Waals surface area (Å²) in [5.41, 5.74) is -13.5. The lowest BCUT2D eigenvalue weighted by Gasteiger charge is -2.28. The number of rotatable bonds is 7. The molecule has 0 saturated carbocycles. The molecule has 2 heterocycles. The average Bonchev–Trinajstić information content (AvgIpc) is 1.62. The normalized spacial score (nSPS) is 20.3. The van der Waals surface area contributed by atoms with Crippen molar-refractivity contribution in [3.05, 3.63) is 242 Å². The molecule has 13 rings (SSSR count). The first-order chi connectivity index (χ1) is 48.9. The quantitative estimate of drug-likeness (QED) is 0.145. The van der Waals surface area contributed by atoms with E-state index in [9.17, 15) is 30.2 Å². The van der Waals surface area contributed by atoms with Gasteiger partial charge in [0, 0.05) is 47.9 Å². The molecule has 0 unspecified atom stereocenters. The average molecular weight is 885 g/mol. The monoisotopic (exact) mass is 885 g/mol. The maximum Gasteiger partial charge on any atom is 0.0782 e. The number of anilines is 3. The molecule has 0 fully saturated rings. The van der Waals surface area contributed by atoms with Crippen LogP contribution in [0.2, 0.25) is 0 Å². The van der Waals surface area contributed by atoms with Gasteiger partial charge in [0.25, 0.3) is 0 Å². The zero-order valence-corrected chi connectivity index (χ0v) is 33.1. The van der Waals surface area contributed by atoms with E-state index in [2.05, 4.69) is 0 Å². The fraction of sp³-hybridized carbons (Fsp3) is 0. The fourth-order valence-corrected chi connectivity index (χ4v) is 8.64. The molecule has 0 aliphatic carbocycles. The Hall–Kier alpha value is -8.24. The Morgan fingerprint density at radius 1 is 0.354 bits per heavy atom. The molecule has 0 aliphatic heterocycles.